The molecular weight excluding hydrogens is 239 g/mol. The summed E-state index contributed by atoms with van der Waals surface area (Å²) in [5.41, 5.74) is 0.802. The predicted molar refractivity (Wildman–Crippen MR) is 71.1 cm³/mol. The van der Waals surface area contributed by atoms with Gasteiger partial charge in [-0.05, 0) is 19.9 Å². The molecule has 17 heavy (non-hydrogen) atoms. The lowest BCUT2D eigenvalue weighted by atomic mass is 10.0. The van der Waals surface area contributed by atoms with Gasteiger partial charge in [0.05, 0.1) is 0 Å². The number of rotatable bonds is 2. The maximum absolute atomic E-state index is 13.6. The van der Waals surface area contributed by atoms with Crippen LogP contribution in [0.4, 0.5) is 4.39 Å². The van der Waals surface area contributed by atoms with Gasteiger partial charge in [0.1, 0.15) is 5.82 Å². The topological polar surface area (TPSA) is 15.3 Å². The first-order valence-corrected chi connectivity index (χ1v) is 5.90. The SMILES string of the molecule is CC1CN(C(C)c2ccccc2F)CCN1.Cl. The van der Waals surface area contributed by atoms with Gasteiger partial charge in [-0.15, -0.1) is 12.4 Å². The van der Waals surface area contributed by atoms with E-state index in [-0.39, 0.29) is 24.3 Å². The van der Waals surface area contributed by atoms with Crippen molar-refractivity contribution in [2.45, 2.75) is 25.9 Å². The Bertz CT molecular complexity index is 359. The summed E-state index contributed by atoms with van der Waals surface area (Å²) in [6, 6.07) is 7.71. The van der Waals surface area contributed by atoms with Crippen LogP contribution in [0.3, 0.4) is 0 Å². The average molecular weight is 259 g/mol. The molecule has 1 fully saturated rings. The molecule has 96 valence electrons. The van der Waals surface area contributed by atoms with Crippen molar-refractivity contribution in [1.82, 2.24) is 10.2 Å². The molecule has 2 rings (SSSR count). The zero-order valence-electron chi connectivity index (χ0n) is 10.3. The molecule has 0 aliphatic carbocycles. The van der Waals surface area contributed by atoms with Crippen LogP contribution in [-0.2, 0) is 0 Å². The fraction of sp³-hybridized carbons (Fsp3) is 0.538. The van der Waals surface area contributed by atoms with E-state index in [1.165, 1.54) is 6.07 Å². The third kappa shape index (κ3) is 3.41. The lowest BCUT2D eigenvalue weighted by Crippen LogP contribution is -2.49. The molecule has 1 aliphatic rings. The zero-order valence-corrected chi connectivity index (χ0v) is 11.1. The summed E-state index contributed by atoms with van der Waals surface area (Å²) < 4.78 is 13.6. The minimum atomic E-state index is -0.0961. The highest BCUT2D eigenvalue weighted by atomic mass is 35.5. The largest absolute Gasteiger partial charge is 0.312 e. The summed E-state index contributed by atoms with van der Waals surface area (Å²) in [6.07, 6.45) is 0. The molecule has 0 bridgehead atoms. The summed E-state index contributed by atoms with van der Waals surface area (Å²) in [5.74, 6) is -0.0961. The molecule has 1 aromatic carbocycles. The molecule has 2 nitrogen and oxygen atoms in total. The minimum absolute atomic E-state index is 0. The number of benzene rings is 1. The van der Waals surface area contributed by atoms with Crippen LogP contribution < -0.4 is 5.32 Å². The van der Waals surface area contributed by atoms with E-state index in [9.17, 15) is 4.39 Å². The number of nitrogens with zero attached hydrogens (tertiary/aromatic N) is 1. The molecule has 2 unspecified atom stereocenters. The van der Waals surface area contributed by atoms with Crippen molar-refractivity contribution in [3.05, 3.63) is 35.6 Å². The standard InChI is InChI=1S/C13H19FN2.ClH/c1-10-9-16(8-7-15-10)11(2)12-5-3-4-6-13(12)14;/h3-6,10-11,15H,7-9H2,1-2H3;1H. The molecule has 1 heterocycles. The second kappa shape index (κ2) is 6.34. The van der Waals surface area contributed by atoms with Gasteiger partial charge in [0, 0.05) is 37.3 Å². The Kier molecular flexibility index (Phi) is 5.37. The first-order valence-electron chi connectivity index (χ1n) is 5.90. The molecular formula is C13H20ClFN2. The molecule has 1 aromatic rings. The van der Waals surface area contributed by atoms with Crippen molar-refractivity contribution in [2.75, 3.05) is 19.6 Å². The van der Waals surface area contributed by atoms with Gasteiger partial charge in [-0.3, -0.25) is 4.90 Å². The van der Waals surface area contributed by atoms with Crippen molar-refractivity contribution in [3.63, 3.8) is 0 Å². The van der Waals surface area contributed by atoms with Gasteiger partial charge < -0.3 is 5.32 Å². The number of hydrogen-bond donors (Lipinski definition) is 1. The Morgan fingerprint density at radius 2 is 2.12 bits per heavy atom. The van der Waals surface area contributed by atoms with Crippen molar-refractivity contribution in [1.29, 1.82) is 0 Å². The van der Waals surface area contributed by atoms with E-state index in [1.54, 1.807) is 6.07 Å². The average Bonchev–Trinajstić information content (AvgIpc) is 2.29. The molecule has 0 spiro atoms. The van der Waals surface area contributed by atoms with Crippen LogP contribution in [0.25, 0.3) is 0 Å². The lowest BCUT2D eigenvalue weighted by molar-refractivity contribution is 0.156. The van der Waals surface area contributed by atoms with E-state index in [1.807, 2.05) is 12.1 Å². The molecule has 1 N–H and O–H groups in total. The van der Waals surface area contributed by atoms with Crippen molar-refractivity contribution in [2.24, 2.45) is 0 Å². The van der Waals surface area contributed by atoms with Gasteiger partial charge in [-0.25, -0.2) is 4.39 Å². The smallest absolute Gasteiger partial charge is 0.127 e. The highest BCUT2D eigenvalue weighted by molar-refractivity contribution is 5.85. The summed E-state index contributed by atoms with van der Waals surface area (Å²) >= 11 is 0. The summed E-state index contributed by atoms with van der Waals surface area (Å²) in [5, 5.41) is 3.40. The number of halogens is 2. The number of nitrogens with one attached hydrogen (secondary N) is 1. The van der Waals surface area contributed by atoms with E-state index < -0.39 is 0 Å². The third-order valence-electron chi connectivity index (χ3n) is 3.30. The number of hydrogen-bond acceptors (Lipinski definition) is 2. The lowest BCUT2D eigenvalue weighted by Gasteiger charge is -2.36. The molecule has 1 saturated heterocycles. The van der Waals surface area contributed by atoms with Crippen LogP contribution in [0.2, 0.25) is 0 Å². The van der Waals surface area contributed by atoms with Crippen molar-refractivity contribution in [3.8, 4) is 0 Å². The van der Waals surface area contributed by atoms with E-state index >= 15 is 0 Å². The number of piperazine rings is 1. The van der Waals surface area contributed by atoms with Gasteiger partial charge in [0.2, 0.25) is 0 Å². The fourth-order valence-electron chi connectivity index (χ4n) is 2.32. The first-order chi connectivity index (χ1) is 7.68. The van der Waals surface area contributed by atoms with E-state index in [4.69, 9.17) is 0 Å². The second-order valence-corrected chi connectivity index (χ2v) is 4.55. The Balaban J connectivity index is 0.00000144. The van der Waals surface area contributed by atoms with Gasteiger partial charge in [-0.1, -0.05) is 18.2 Å². The Morgan fingerprint density at radius 3 is 2.76 bits per heavy atom. The van der Waals surface area contributed by atoms with Crippen LogP contribution in [0.1, 0.15) is 25.5 Å². The van der Waals surface area contributed by atoms with Gasteiger partial charge in [0.25, 0.3) is 0 Å². The van der Waals surface area contributed by atoms with Crippen molar-refractivity contribution < 1.29 is 4.39 Å². The molecule has 2 atom stereocenters. The molecule has 0 aromatic heterocycles. The molecule has 1 aliphatic heterocycles. The van der Waals surface area contributed by atoms with Crippen LogP contribution in [-0.4, -0.2) is 30.6 Å². The van der Waals surface area contributed by atoms with E-state index in [0.717, 1.165) is 25.2 Å². The normalized spacial score (nSPS) is 22.9. The summed E-state index contributed by atoms with van der Waals surface area (Å²) in [6.45, 7) is 7.20. The summed E-state index contributed by atoms with van der Waals surface area (Å²) in [4.78, 5) is 2.33. The Labute approximate surface area is 109 Å². The maximum atomic E-state index is 13.6. The molecule has 0 radical (unpaired) electrons. The third-order valence-corrected chi connectivity index (χ3v) is 3.30. The monoisotopic (exact) mass is 258 g/mol. The van der Waals surface area contributed by atoms with Gasteiger partial charge in [-0.2, -0.15) is 0 Å². The van der Waals surface area contributed by atoms with Crippen LogP contribution in [0.5, 0.6) is 0 Å². The Hall–Kier alpha value is -0.640. The summed E-state index contributed by atoms with van der Waals surface area (Å²) in [7, 11) is 0. The van der Waals surface area contributed by atoms with Crippen LogP contribution in [0.15, 0.2) is 24.3 Å². The quantitative estimate of drug-likeness (QED) is 0.877. The first kappa shape index (κ1) is 14.4. The Morgan fingerprint density at radius 1 is 1.41 bits per heavy atom. The zero-order chi connectivity index (χ0) is 11.5. The predicted octanol–water partition coefficient (Wildman–Crippen LogP) is 2.60. The second-order valence-electron chi connectivity index (χ2n) is 4.55. The van der Waals surface area contributed by atoms with Crippen LogP contribution in [0, 0.1) is 5.82 Å². The van der Waals surface area contributed by atoms with E-state index in [2.05, 4.69) is 24.1 Å². The van der Waals surface area contributed by atoms with Gasteiger partial charge >= 0.3 is 0 Å². The molecule has 4 heteroatoms. The highest BCUT2D eigenvalue weighted by Gasteiger charge is 2.22. The van der Waals surface area contributed by atoms with E-state index in [0.29, 0.717) is 6.04 Å². The van der Waals surface area contributed by atoms with Crippen LogP contribution >= 0.6 is 12.4 Å². The molecule has 0 saturated carbocycles. The maximum Gasteiger partial charge on any atom is 0.127 e. The van der Waals surface area contributed by atoms with Gasteiger partial charge in [0.15, 0.2) is 0 Å². The minimum Gasteiger partial charge on any atom is -0.312 e. The fourth-order valence-corrected chi connectivity index (χ4v) is 2.32. The highest BCUT2D eigenvalue weighted by Crippen LogP contribution is 2.23. The molecule has 0 amide bonds. The van der Waals surface area contributed by atoms with Crippen molar-refractivity contribution >= 4 is 12.4 Å².